The lowest BCUT2D eigenvalue weighted by Gasteiger charge is -2.19. The minimum absolute atomic E-state index is 1.01. The first-order chi connectivity index (χ1) is 8.78. The molecule has 2 heteroatoms. The summed E-state index contributed by atoms with van der Waals surface area (Å²) in [4.78, 5) is 2.44. The monoisotopic (exact) mass is 238 g/mol. The van der Waals surface area contributed by atoms with E-state index in [-0.39, 0.29) is 0 Å². The molecule has 0 aliphatic carbocycles. The number of nitrogens with one attached hydrogen (secondary N) is 1. The van der Waals surface area contributed by atoms with Crippen molar-refractivity contribution in [2.45, 2.75) is 20.0 Å². The van der Waals surface area contributed by atoms with Gasteiger partial charge in [-0.05, 0) is 41.8 Å². The van der Waals surface area contributed by atoms with Gasteiger partial charge in [0, 0.05) is 31.5 Å². The Morgan fingerprint density at radius 2 is 1.78 bits per heavy atom. The lowest BCUT2D eigenvalue weighted by atomic mass is 10.1. The Balaban J connectivity index is 1.91. The maximum absolute atomic E-state index is 3.20. The van der Waals surface area contributed by atoms with E-state index < -0.39 is 0 Å². The predicted molar refractivity (Wildman–Crippen MR) is 77.1 cm³/mol. The predicted octanol–water partition coefficient (Wildman–Crippen LogP) is 3.56. The highest BCUT2D eigenvalue weighted by atomic mass is 15.1. The largest absolute Gasteiger partial charge is 0.388 e. The maximum Gasteiger partial charge on any atom is 0.0437 e. The third-order valence-corrected chi connectivity index (χ3v) is 3.67. The van der Waals surface area contributed by atoms with Crippen molar-refractivity contribution >= 4 is 11.4 Å². The summed E-state index contributed by atoms with van der Waals surface area (Å²) in [5.74, 6) is 0. The highest BCUT2D eigenvalue weighted by Gasteiger charge is 2.20. The fourth-order valence-corrected chi connectivity index (χ4v) is 2.64. The second-order valence-corrected chi connectivity index (χ2v) is 4.88. The topological polar surface area (TPSA) is 15.3 Å². The van der Waals surface area contributed by atoms with Gasteiger partial charge in [-0.15, -0.1) is 0 Å². The van der Waals surface area contributed by atoms with Crippen LogP contribution in [0, 0.1) is 6.92 Å². The molecule has 1 N–H and O–H groups in total. The van der Waals surface area contributed by atoms with Crippen LogP contribution in [-0.4, -0.2) is 7.05 Å². The zero-order chi connectivity index (χ0) is 12.5. The van der Waals surface area contributed by atoms with E-state index in [0.29, 0.717) is 0 Å². The fourth-order valence-electron chi connectivity index (χ4n) is 2.64. The molecule has 0 amide bonds. The van der Waals surface area contributed by atoms with Crippen molar-refractivity contribution in [1.29, 1.82) is 0 Å². The summed E-state index contributed by atoms with van der Waals surface area (Å²) >= 11 is 0. The van der Waals surface area contributed by atoms with E-state index in [9.17, 15) is 0 Å². The van der Waals surface area contributed by atoms with Crippen LogP contribution in [0.2, 0.25) is 0 Å². The standard InChI is InChI=1S/C16H18N2/c1-12-5-3-4-6-16(12)18-10-13-7-8-15(17-2)9-14(13)11-18/h3-9,17H,10-11H2,1-2H3. The number of rotatable bonds is 2. The number of aryl methyl sites for hydroxylation is 1. The normalized spacial score (nSPS) is 13.6. The van der Waals surface area contributed by atoms with Gasteiger partial charge in [-0.2, -0.15) is 0 Å². The number of hydrogen-bond donors (Lipinski definition) is 1. The van der Waals surface area contributed by atoms with Gasteiger partial charge in [0.05, 0.1) is 0 Å². The number of nitrogens with zero attached hydrogens (tertiary/aromatic N) is 1. The molecular formula is C16H18N2. The van der Waals surface area contributed by atoms with E-state index in [1.54, 1.807) is 0 Å². The molecular weight excluding hydrogens is 220 g/mol. The van der Waals surface area contributed by atoms with Gasteiger partial charge in [0.15, 0.2) is 0 Å². The van der Waals surface area contributed by atoms with Crippen LogP contribution in [0.1, 0.15) is 16.7 Å². The molecule has 18 heavy (non-hydrogen) atoms. The molecule has 0 aromatic heterocycles. The summed E-state index contributed by atoms with van der Waals surface area (Å²) in [6.07, 6.45) is 0. The minimum atomic E-state index is 1.01. The molecule has 0 saturated carbocycles. The maximum atomic E-state index is 3.20. The lowest BCUT2D eigenvalue weighted by molar-refractivity contribution is 0.875. The van der Waals surface area contributed by atoms with Crippen LogP contribution in [0.3, 0.4) is 0 Å². The molecule has 0 fully saturated rings. The van der Waals surface area contributed by atoms with Gasteiger partial charge in [0.1, 0.15) is 0 Å². The van der Waals surface area contributed by atoms with Gasteiger partial charge >= 0.3 is 0 Å². The summed E-state index contributed by atoms with van der Waals surface area (Å²) in [5.41, 5.74) is 6.77. The first kappa shape index (κ1) is 11.1. The van der Waals surface area contributed by atoms with E-state index in [1.807, 2.05) is 7.05 Å². The van der Waals surface area contributed by atoms with Crippen molar-refractivity contribution in [2.24, 2.45) is 0 Å². The third kappa shape index (κ3) is 1.84. The van der Waals surface area contributed by atoms with Crippen LogP contribution >= 0.6 is 0 Å². The molecule has 0 saturated heterocycles. The fraction of sp³-hybridized carbons (Fsp3) is 0.250. The van der Waals surface area contributed by atoms with Gasteiger partial charge in [-0.3, -0.25) is 0 Å². The summed E-state index contributed by atoms with van der Waals surface area (Å²) in [6, 6.07) is 15.2. The van der Waals surface area contributed by atoms with Gasteiger partial charge in [-0.25, -0.2) is 0 Å². The molecule has 1 heterocycles. The van der Waals surface area contributed by atoms with Gasteiger partial charge in [-0.1, -0.05) is 24.3 Å². The lowest BCUT2D eigenvalue weighted by Crippen LogP contribution is -2.15. The Kier molecular flexibility index (Phi) is 2.71. The van der Waals surface area contributed by atoms with Crippen molar-refractivity contribution in [3.8, 4) is 0 Å². The summed E-state index contributed by atoms with van der Waals surface area (Å²) in [7, 11) is 1.97. The van der Waals surface area contributed by atoms with Crippen LogP contribution in [0.15, 0.2) is 42.5 Å². The van der Waals surface area contributed by atoms with Crippen LogP contribution in [-0.2, 0) is 13.1 Å². The molecule has 3 rings (SSSR count). The second kappa shape index (κ2) is 4.37. The van der Waals surface area contributed by atoms with Crippen molar-refractivity contribution in [1.82, 2.24) is 0 Å². The van der Waals surface area contributed by atoms with Crippen LogP contribution in [0.25, 0.3) is 0 Å². The molecule has 0 unspecified atom stereocenters. The highest BCUT2D eigenvalue weighted by molar-refractivity contribution is 5.59. The van der Waals surface area contributed by atoms with E-state index in [4.69, 9.17) is 0 Å². The van der Waals surface area contributed by atoms with E-state index in [1.165, 1.54) is 28.1 Å². The molecule has 92 valence electrons. The molecule has 0 atom stereocenters. The Morgan fingerprint density at radius 1 is 1.00 bits per heavy atom. The molecule has 2 aromatic carbocycles. The van der Waals surface area contributed by atoms with E-state index in [0.717, 1.165) is 13.1 Å². The van der Waals surface area contributed by atoms with Crippen LogP contribution < -0.4 is 10.2 Å². The van der Waals surface area contributed by atoms with Crippen molar-refractivity contribution in [3.63, 3.8) is 0 Å². The first-order valence-electron chi connectivity index (χ1n) is 6.38. The second-order valence-electron chi connectivity index (χ2n) is 4.88. The molecule has 1 aliphatic heterocycles. The molecule has 1 aliphatic rings. The number of hydrogen-bond acceptors (Lipinski definition) is 2. The number of anilines is 2. The molecule has 2 aromatic rings. The zero-order valence-corrected chi connectivity index (χ0v) is 10.9. The Labute approximate surface area is 108 Å². The van der Waals surface area contributed by atoms with Crippen LogP contribution in [0.4, 0.5) is 11.4 Å². The smallest absolute Gasteiger partial charge is 0.0437 e. The van der Waals surface area contributed by atoms with Gasteiger partial charge < -0.3 is 10.2 Å². The minimum Gasteiger partial charge on any atom is -0.388 e. The van der Waals surface area contributed by atoms with Crippen molar-refractivity contribution in [2.75, 3.05) is 17.3 Å². The summed E-state index contributed by atoms with van der Waals surface area (Å²) in [6.45, 7) is 4.21. The number of benzene rings is 2. The molecule has 0 radical (unpaired) electrons. The zero-order valence-electron chi connectivity index (χ0n) is 10.9. The van der Waals surface area contributed by atoms with Gasteiger partial charge in [0.2, 0.25) is 0 Å². The average Bonchev–Trinajstić information content (AvgIpc) is 2.81. The van der Waals surface area contributed by atoms with Crippen LogP contribution in [0.5, 0.6) is 0 Å². The molecule has 0 bridgehead atoms. The van der Waals surface area contributed by atoms with Gasteiger partial charge in [0.25, 0.3) is 0 Å². The third-order valence-electron chi connectivity index (χ3n) is 3.67. The highest BCUT2D eigenvalue weighted by Crippen LogP contribution is 2.31. The van der Waals surface area contributed by atoms with Crippen molar-refractivity contribution < 1.29 is 0 Å². The van der Waals surface area contributed by atoms with E-state index in [2.05, 4.69) is 59.6 Å². The van der Waals surface area contributed by atoms with Crippen molar-refractivity contribution in [3.05, 3.63) is 59.2 Å². The first-order valence-corrected chi connectivity index (χ1v) is 6.38. The Hall–Kier alpha value is -1.96. The molecule has 0 spiro atoms. The Bertz CT molecular complexity index is 575. The average molecular weight is 238 g/mol. The number of para-hydroxylation sites is 1. The summed E-state index contributed by atoms with van der Waals surface area (Å²) < 4.78 is 0. The Morgan fingerprint density at radius 3 is 2.56 bits per heavy atom. The quantitative estimate of drug-likeness (QED) is 0.860. The molecule has 2 nitrogen and oxygen atoms in total. The number of fused-ring (bicyclic) bond motifs is 1. The SMILES string of the molecule is CNc1ccc2c(c1)CN(c1ccccc1C)C2. The van der Waals surface area contributed by atoms with E-state index >= 15 is 0 Å². The summed E-state index contributed by atoms with van der Waals surface area (Å²) in [5, 5.41) is 3.20.